The Morgan fingerprint density at radius 2 is 1.70 bits per heavy atom. The average molecular weight is 287 g/mol. The molecule has 4 heteroatoms. The molecule has 0 bridgehead atoms. The van der Waals surface area contributed by atoms with Gasteiger partial charge in [-0.05, 0) is 27.2 Å². The standard InChI is InChI=1S/C16H33NO3/c1-6-7-8-9-10-11-16(5,13-18)12-17-14(19)20-15(2,3)4/h18H,6-13H2,1-5H3,(H,17,19). The van der Waals surface area contributed by atoms with Gasteiger partial charge in [-0.2, -0.15) is 0 Å². The van der Waals surface area contributed by atoms with Crippen LogP contribution in [-0.4, -0.2) is 30.0 Å². The number of carbonyl (C=O) groups is 1. The molecule has 20 heavy (non-hydrogen) atoms. The summed E-state index contributed by atoms with van der Waals surface area (Å²) in [6.45, 7) is 10.2. The van der Waals surface area contributed by atoms with Gasteiger partial charge in [-0.3, -0.25) is 0 Å². The zero-order valence-electron chi connectivity index (χ0n) is 13.9. The van der Waals surface area contributed by atoms with Crippen LogP contribution in [0.4, 0.5) is 4.79 Å². The van der Waals surface area contributed by atoms with Crippen molar-refractivity contribution in [1.82, 2.24) is 5.32 Å². The molecule has 1 atom stereocenters. The van der Waals surface area contributed by atoms with Crippen LogP contribution in [-0.2, 0) is 4.74 Å². The van der Waals surface area contributed by atoms with Gasteiger partial charge in [0.15, 0.2) is 0 Å². The number of unbranched alkanes of at least 4 members (excludes halogenated alkanes) is 4. The van der Waals surface area contributed by atoms with Crippen molar-refractivity contribution in [3.8, 4) is 0 Å². The fraction of sp³-hybridized carbons (Fsp3) is 0.938. The summed E-state index contributed by atoms with van der Waals surface area (Å²) in [4.78, 5) is 11.6. The van der Waals surface area contributed by atoms with Crippen molar-refractivity contribution in [2.75, 3.05) is 13.2 Å². The van der Waals surface area contributed by atoms with E-state index in [2.05, 4.69) is 12.2 Å². The molecule has 0 heterocycles. The van der Waals surface area contributed by atoms with Crippen molar-refractivity contribution in [3.05, 3.63) is 0 Å². The Bertz CT molecular complexity index is 273. The van der Waals surface area contributed by atoms with E-state index in [0.717, 1.165) is 12.8 Å². The summed E-state index contributed by atoms with van der Waals surface area (Å²) in [6, 6.07) is 0. The van der Waals surface area contributed by atoms with Crippen LogP contribution in [0.25, 0.3) is 0 Å². The maximum absolute atomic E-state index is 11.6. The van der Waals surface area contributed by atoms with Gasteiger partial charge in [-0.25, -0.2) is 4.79 Å². The monoisotopic (exact) mass is 287 g/mol. The van der Waals surface area contributed by atoms with Crippen LogP contribution >= 0.6 is 0 Å². The van der Waals surface area contributed by atoms with Gasteiger partial charge in [0.05, 0.1) is 6.61 Å². The van der Waals surface area contributed by atoms with E-state index >= 15 is 0 Å². The summed E-state index contributed by atoms with van der Waals surface area (Å²) >= 11 is 0. The molecule has 0 aromatic heterocycles. The number of nitrogens with one attached hydrogen (secondary N) is 1. The molecule has 0 aromatic rings. The highest BCUT2D eigenvalue weighted by Crippen LogP contribution is 2.23. The second-order valence-electron chi connectivity index (χ2n) is 6.99. The first-order valence-electron chi connectivity index (χ1n) is 7.80. The summed E-state index contributed by atoms with van der Waals surface area (Å²) in [7, 11) is 0. The van der Waals surface area contributed by atoms with Gasteiger partial charge in [-0.1, -0.05) is 46.0 Å². The number of hydrogen-bond acceptors (Lipinski definition) is 3. The molecule has 4 nitrogen and oxygen atoms in total. The molecule has 0 radical (unpaired) electrons. The predicted octanol–water partition coefficient (Wildman–Crippen LogP) is 3.87. The van der Waals surface area contributed by atoms with Gasteiger partial charge in [-0.15, -0.1) is 0 Å². The Balaban J connectivity index is 4.01. The van der Waals surface area contributed by atoms with Crippen LogP contribution in [0, 0.1) is 5.41 Å². The smallest absolute Gasteiger partial charge is 0.407 e. The number of aliphatic hydroxyl groups is 1. The van der Waals surface area contributed by atoms with Crippen molar-refractivity contribution in [3.63, 3.8) is 0 Å². The van der Waals surface area contributed by atoms with Gasteiger partial charge < -0.3 is 15.2 Å². The van der Waals surface area contributed by atoms with Crippen LogP contribution in [0.5, 0.6) is 0 Å². The Morgan fingerprint density at radius 3 is 2.20 bits per heavy atom. The minimum absolute atomic E-state index is 0.0799. The van der Waals surface area contributed by atoms with E-state index in [0.29, 0.717) is 6.54 Å². The number of amides is 1. The van der Waals surface area contributed by atoms with Crippen molar-refractivity contribution < 1.29 is 14.6 Å². The third-order valence-corrected chi connectivity index (χ3v) is 3.32. The highest BCUT2D eigenvalue weighted by atomic mass is 16.6. The van der Waals surface area contributed by atoms with Crippen LogP contribution in [0.3, 0.4) is 0 Å². The number of aliphatic hydroxyl groups excluding tert-OH is 1. The molecule has 0 aromatic carbocycles. The molecule has 0 aliphatic heterocycles. The molecule has 0 spiro atoms. The number of alkyl carbamates (subject to hydrolysis) is 1. The van der Waals surface area contributed by atoms with Crippen LogP contribution in [0.15, 0.2) is 0 Å². The van der Waals surface area contributed by atoms with Gasteiger partial charge >= 0.3 is 6.09 Å². The number of hydrogen-bond donors (Lipinski definition) is 2. The summed E-state index contributed by atoms with van der Waals surface area (Å²) in [5.74, 6) is 0. The van der Waals surface area contributed by atoms with Crippen molar-refractivity contribution in [2.45, 2.75) is 78.7 Å². The van der Waals surface area contributed by atoms with Crippen LogP contribution in [0.1, 0.15) is 73.1 Å². The summed E-state index contributed by atoms with van der Waals surface area (Å²) in [5.41, 5.74) is -0.747. The Kier molecular flexibility index (Phi) is 8.86. The lowest BCUT2D eigenvalue weighted by molar-refractivity contribution is 0.0470. The fourth-order valence-electron chi connectivity index (χ4n) is 1.98. The molecule has 0 aliphatic rings. The number of rotatable bonds is 9. The molecular formula is C16H33NO3. The first-order valence-corrected chi connectivity index (χ1v) is 7.80. The van der Waals surface area contributed by atoms with E-state index in [1.165, 1.54) is 25.7 Å². The highest BCUT2D eigenvalue weighted by Gasteiger charge is 2.25. The molecule has 120 valence electrons. The number of carbonyl (C=O) groups excluding carboxylic acids is 1. The van der Waals surface area contributed by atoms with Gasteiger partial charge in [0.1, 0.15) is 5.60 Å². The third kappa shape index (κ3) is 10.1. The highest BCUT2D eigenvalue weighted by molar-refractivity contribution is 5.67. The zero-order valence-corrected chi connectivity index (χ0v) is 13.9. The normalized spacial score (nSPS) is 14.7. The first-order chi connectivity index (χ1) is 9.22. The fourth-order valence-corrected chi connectivity index (χ4v) is 1.98. The van der Waals surface area contributed by atoms with Crippen molar-refractivity contribution in [1.29, 1.82) is 0 Å². The second-order valence-corrected chi connectivity index (χ2v) is 6.99. The Morgan fingerprint density at radius 1 is 1.10 bits per heavy atom. The van der Waals surface area contributed by atoms with E-state index in [1.54, 1.807) is 0 Å². The van der Waals surface area contributed by atoms with Crippen LogP contribution < -0.4 is 5.32 Å². The van der Waals surface area contributed by atoms with Gasteiger partial charge in [0, 0.05) is 12.0 Å². The minimum atomic E-state index is -0.486. The Labute approximate surface area is 124 Å². The van der Waals surface area contributed by atoms with Crippen molar-refractivity contribution in [2.24, 2.45) is 5.41 Å². The molecule has 1 unspecified atom stereocenters. The first kappa shape index (κ1) is 19.2. The SMILES string of the molecule is CCCCCCCC(C)(CO)CNC(=O)OC(C)(C)C. The van der Waals surface area contributed by atoms with E-state index in [-0.39, 0.29) is 12.0 Å². The van der Waals surface area contributed by atoms with E-state index < -0.39 is 11.7 Å². The summed E-state index contributed by atoms with van der Waals surface area (Å²) < 4.78 is 5.20. The van der Waals surface area contributed by atoms with Gasteiger partial charge in [0.2, 0.25) is 0 Å². The minimum Gasteiger partial charge on any atom is -0.444 e. The maximum atomic E-state index is 11.6. The molecule has 0 saturated carbocycles. The Hall–Kier alpha value is -0.770. The molecule has 0 fully saturated rings. The average Bonchev–Trinajstić information content (AvgIpc) is 2.34. The molecule has 2 N–H and O–H groups in total. The van der Waals surface area contributed by atoms with E-state index in [4.69, 9.17) is 4.74 Å². The molecule has 0 rings (SSSR count). The third-order valence-electron chi connectivity index (χ3n) is 3.32. The van der Waals surface area contributed by atoms with Gasteiger partial charge in [0.25, 0.3) is 0 Å². The topological polar surface area (TPSA) is 58.6 Å². The second kappa shape index (κ2) is 9.22. The largest absolute Gasteiger partial charge is 0.444 e. The maximum Gasteiger partial charge on any atom is 0.407 e. The molecule has 0 aliphatic carbocycles. The lowest BCUT2D eigenvalue weighted by atomic mass is 9.85. The molecule has 0 saturated heterocycles. The van der Waals surface area contributed by atoms with Crippen LogP contribution in [0.2, 0.25) is 0 Å². The van der Waals surface area contributed by atoms with E-state index in [9.17, 15) is 9.90 Å². The number of ether oxygens (including phenoxy) is 1. The molecular weight excluding hydrogens is 254 g/mol. The quantitative estimate of drug-likeness (QED) is 0.633. The zero-order chi connectivity index (χ0) is 15.6. The van der Waals surface area contributed by atoms with E-state index in [1.807, 2.05) is 27.7 Å². The van der Waals surface area contributed by atoms with Crippen molar-refractivity contribution >= 4 is 6.09 Å². The summed E-state index contributed by atoms with van der Waals surface area (Å²) in [6.07, 6.45) is 6.54. The molecule has 1 amide bonds. The lowest BCUT2D eigenvalue weighted by Crippen LogP contribution is -2.40. The summed E-state index contributed by atoms with van der Waals surface area (Å²) in [5, 5.41) is 12.3. The predicted molar refractivity (Wildman–Crippen MR) is 82.8 cm³/mol. The lowest BCUT2D eigenvalue weighted by Gasteiger charge is -2.28.